The summed E-state index contributed by atoms with van der Waals surface area (Å²) in [7, 11) is -1.00. The SMILES string of the molecule is O=S(CCN1CCOC(c2ccc(F)c(Cl)c2)C1)c1ccccc1. The van der Waals surface area contributed by atoms with E-state index in [1.54, 1.807) is 12.1 Å². The van der Waals surface area contributed by atoms with Gasteiger partial charge in [0, 0.05) is 30.3 Å². The van der Waals surface area contributed by atoms with Crippen molar-refractivity contribution in [3.05, 3.63) is 64.9 Å². The van der Waals surface area contributed by atoms with Crippen LogP contribution in [0.2, 0.25) is 5.02 Å². The molecule has 2 aromatic rings. The first-order chi connectivity index (χ1) is 11.6. The second-order valence-electron chi connectivity index (χ2n) is 5.70. The van der Waals surface area contributed by atoms with E-state index < -0.39 is 16.6 Å². The quantitative estimate of drug-likeness (QED) is 0.807. The normalized spacial score (nSPS) is 20.0. The number of nitrogens with zero attached hydrogens (tertiary/aromatic N) is 1. The zero-order valence-corrected chi connectivity index (χ0v) is 14.7. The lowest BCUT2D eigenvalue weighted by Gasteiger charge is -2.33. The van der Waals surface area contributed by atoms with Crippen molar-refractivity contribution in [2.75, 3.05) is 32.0 Å². The molecule has 0 spiro atoms. The Morgan fingerprint density at radius 1 is 1.25 bits per heavy atom. The molecule has 0 saturated carbocycles. The molecule has 1 fully saturated rings. The van der Waals surface area contributed by atoms with E-state index >= 15 is 0 Å². The van der Waals surface area contributed by atoms with Crippen LogP contribution in [0.25, 0.3) is 0 Å². The van der Waals surface area contributed by atoms with E-state index in [9.17, 15) is 8.60 Å². The summed E-state index contributed by atoms with van der Waals surface area (Å²) in [5.74, 6) is 0.160. The van der Waals surface area contributed by atoms with Gasteiger partial charge in [0.15, 0.2) is 0 Å². The van der Waals surface area contributed by atoms with E-state index in [-0.39, 0.29) is 11.1 Å². The molecule has 2 aromatic carbocycles. The van der Waals surface area contributed by atoms with Gasteiger partial charge >= 0.3 is 0 Å². The third-order valence-corrected chi connectivity index (χ3v) is 5.71. The van der Waals surface area contributed by atoms with Crippen molar-refractivity contribution in [1.29, 1.82) is 0 Å². The van der Waals surface area contributed by atoms with Gasteiger partial charge in [-0.3, -0.25) is 9.11 Å². The van der Waals surface area contributed by atoms with Gasteiger partial charge in [0.25, 0.3) is 0 Å². The predicted molar refractivity (Wildman–Crippen MR) is 94.3 cm³/mol. The van der Waals surface area contributed by atoms with Crippen LogP contribution in [-0.4, -0.2) is 41.1 Å². The highest BCUT2D eigenvalue weighted by Crippen LogP contribution is 2.26. The highest BCUT2D eigenvalue weighted by Gasteiger charge is 2.23. The maximum absolute atomic E-state index is 13.3. The summed E-state index contributed by atoms with van der Waals surface area (Å²) >= 11 is 5.86. The number of hydrogen-bond acceptors (Lipinski definition) is 3. The first-order valence-corrected chi connectivity index (χ1v) is 9.55. The van der Waals surface area contributed by atoms with Gasteiger partial charge in [-0.25, -0.2) is 4.39 Å². The number of halogens is 2. The molecule has 2 atom stereocenters. The Morgan fingerprint density at radius 3 is 2.79 bits per heavy atom. The molecule has 0 radical (unpaired) electrons. The average molecular weight is 368 g/mol. The van der Waals surface area contributed by atoms with Crippen molar-refractivity contribution >= 4 is 22.4 Å². The molecule has 1 aliphatic heterocycles. The molecule has 2 unspecified atom stereocenters. The van der Waals surface area contributed by atoms with Crippen molar-refractivity contribution < 1.29 is 13.3 Å². The fourth-order valence-electron chi connectivity index (χ4n) is 2.72. The Morgan fingerprint density at radius 2 is 2.04 bits per heavy atom. The summed E-state index contributed by atoms with van der Waals surface area (Å²) in [6, 6.07) is 14.2. The van der Waals surface area contributed by atoms with Crippen molar-refractivity contribution in [3.8, 4) is 0 Å². The van der Waals surface area contributed by atoms with Crippen LogP contribution in [-0.2, 0) is 15.5 Å². The lowest BCUT2D eigenvalue weighted by atomic mass is 10.1. The Bertz CT molecular complexity index is 713. The van der Waals surface area contributed by atoms with E-state index in [0.29, 0.717) is 18.9 Å². The van der Waals surface area contributed by atoms with Crippen molar-refractivity contribution in [3.63, 3.8) is 0 Å². The molecule has 0 amide bonds. The van der Waals surface area contributed by atoms with Crippen LogP contribution in [0.4, 0.5) is 4.39 Å². The summed E-state index contributed by atoms with van der Waals surface area (Å²) < 4.78 is 31.4. The van der Waals surface area contributed by atoms with Crippen molar-refractivity contribution in [1.82, 2.24) is 4.90 Å². The molecular weight excluding hydrogens is 349 g/mol. The van der Waals surface area contributed by atoms with Crippen molar-refractivity contribution in [2.45, 2.75) is 11.0 Å². The Hall–Kier alpha value is -1.27. The van der Waals surface area contributed by atoms with E-state index in [4.69, 9.17) is 16.3 Å². The lowest BCUT2D eigenvalue weighted by molar-refractivity contribution is -0.0278. The summed E-state index contributed by atoms with van der Waals surface area (Å²) in [6.07, 6.45) is -0.137. The molecule has 6 heteroatoms. The van der Waals surface area contributed by atoms with Gasteiger partial charge in [0.2, 0.25) is 0 Å². The minimum Gasteiger partial charge on any atom is -0.371 e. The number of rotatable bonds is 5. The maximum Gasteiger partial charge on any atom is 0.141 e. The molecule has 128 valence electrons. The number of ether oxygens (including phenoxy) is 1. The summed E-state index contributed by atoms with van der Waals surface area (Å²) in [5, 5.41) is 0.110. The molecular formula is C18H19ClFNO2S. The zero-order chi connectivity index (χ0) is 16.9. The van der Waals surface area contributed by atoms with Crippen LogP contribution < -0.4 is 0 Å². The number of hydrogen-bond donors (Lipinski definition) is 0. The predicted octanol–water partition coefficient (Wildman–Crippen LogP) is 3.66. The number of benzene rings is 2. The van der Waals surface area contributed by atoms with Gasteiger partial charge in [0.1, 0.15) is 5.82 Å². The Kier molecular flexibility index (Phi) is 6.00. The van der Waals surface area contributed by atoms with Crippen molar-refractivity contribution in [2.24, 2.45) is 0 Å². The van der Waals surface area contributed by atoms with Crippen LogP contribution in [0.5, 0.6) is 0 Å². The zero-order valence-electron chi connectivity index (χ0n) is 13.2. The Balaban J connectivity index is 1.57. The maximum atomic E-state index is 13.3. The van der Waals surface area contributed by atoms with Crippen LogP contribution in [0.1, 0.15) is 11.7 Å². The van der Waals surface area contributed by atoms with Gasteiger partial charge in [-0.05, 0) is 29.8 Å². The van der Waals surface area contributed by atoms with Gasteiger partial charge in [-0.1, -0.05) is 35.9 Å². The number of morpholine rings is 1. The fourth-order valence-corrected chi connectivity index (χ4v) is 4.03. The second kappa shape index (κ2) is 8.21. The van der Waals surface area contributed by atoms with E-state index in [1.165, 1.54) is 6.07 Å². The average Bonchev–Trinajstić information content (AvgIpc) is 2.63. The molecule has 3 nitrogen and oxygen atoms in total. The topological polar surface area (TPSA) is 29.5 Å². The molecule has 24 heavy (non-hydrogen) atoms. The van der Waals surface area contributed by atoms with Gasteiger partial charge in [0.05, 0.1) is 28.5 Å². The smallest absolute Gasteiger partial charge is 0.141 e. The molecule has 0 aromatic heterocycles. The van der Waals surface area contributed by atoms with E-state index in [0.717, 1.165) is 23.5 Å². The van der Waals surface area contributed by atoms with Crippen LogP contribution in [0.15, 0.2) is 53.4 Å². The van der Waals surface area contributed by atoms with Gasteiger partial charge in [-0.15, -0.1) is 0 Å². The first-order valence-electron chi connectivity index (χ1n) is 7.86. The lowest BCUT2D eigenvalue weighted by Crippen LogP contribution is -2.40. The molecule has 1 saturated heterocycles. The third kappa shape index (κ3) is 4.42. The molecule has 3 rings (SSSR count). The van der Waals surface area contributed by atoms with Gasteiger partial charge in [-0.2, -0.15) is 0 Å². The summed E-state index contributed by atoms with van der Waals surface area (Å²) in [6.45, 7) is 2.82. The van der Waals surface area contributed by atoms with E-state index in [2.05, 4.69) is 4.90 Å². The first kappa shape index (κ1) is 17.5. The minimum absolute atomic E-state index is 0.110. The monoisotopic (exact) mass is 367 g/mol. The summed E-state index contributed by atoms with van der Waals surface area (Å²) in [5.41, 5.74) is 0.871. The second-order valence-corrected chi connectivity index (χ2v) is 7.67. The van der Waals surface area contributed by atoms with Crippen LogP contribution >= 0.6 is 11.6 Å². The van der Waals surface area contributed by atoms with Crippen LogP contribution in [0, 0.1) is 5.82 Å². The highest BCUT2D eigenvalue weighted by molar-refractivity contribution is 7.85. The largest absolute Gasteiger partial charge is 0.371 e. The molecule has 0 N–H and O–H groups in total. The van der Waals surface area contributed by atoms with Gasteiger partial charge < -0.3 is 4.74 Å². The molecule has 0 bridgehead atoms. The molecule has 1 heterocycles. The standard InChI is InChI=1S/C18H19ClFNO2S/c19-16-12-14(6-7-17(16)20)18-13-21(8-10-23-18)9-11-24(22)15-4-2-1-3-5-15/h1-7,12,18H,8-11,13H2. The summed E-state index contributed by atoms with van der Waals surface area (Å²) in [4.78, 5) is 3.08. The Labute approximate surface area is 148 Å². The molecule has 1 aliphatic rings. The fraction of sp³-hybridized carbons (Fsp3) is 0.333. The minimum atomic E-state index is -1.00. The molecule has 0 aliphatic carbocycles. The highest BCUT2D eigenvalue weighted by atomic mass is 35.5. The third-order valence-electron chi connectivity index (χ3n) is 4.07. The van der Waals surface area contributed by atoms with Crippen LogP contribution in [0.3, 0.4) is 0 Å². The van der Waals surface area contributed by atoms with E-state index in [1.807, 2.05) is 30.3 Å².